The van der Waals surface area contributed by atoms with E-state index in [1.165, 1.54) is 0 Å². The Bertz CT molecular complexity index is 357. The van der Waals surface area contributed by atoms with Gasteiger partial charge in [0.2, 0.25) is 0 Å². The third-order valence-electron chi connectivity index (χ3n) is 2.70. The van der Waals surface area contributed by atoms with E-state index in [2.05, 4.69) is 12.2 Å². The van der Waals surface area contributed by atoms with Crippen LogP contribution in [-0.4, -0.2) is 19.8 Å². The molecule has 1 aromatic rings. The van der Waals surface area contributed by atoms with E-state index < -0.39 is 0 Å². The van der Waals surface area contributed by atoms with Gasteiger partial charge in [-0.05, 0) is 23.8 Å². The summed E-state index contributed by atoms with van der Waals surface area (Å²) in [6.07, 6.45) is 0. The Balaban J connectivity index is 1.84. The first-order valence-corrected chi connectivity index (χ1v) is 6.06. The third kappa shape index (κ3) is 3.11. The van der Waals surface area contributed by atoms with E-state index in [4.69, 9.17) is 27.9 Å². The normalized spacial score (nSPS) is 18.2. The van der Waals surface area contributed by atoms with E-state index in [0.29, 0.717) is 15.5 Å². The molecule has 2 nitrogen and oxygen atoms in total. The maximum absolute atomic E-state index is 5.93. The Labute approximate surface area is 106 Å². The molecular weight excluding hydrogens is 245 g/mol. The van der Waals surface area contributed by atoms with E-state index >= 15 is 0 Å². The number of rotatable bonds is 4. The monoisotopic (exact) mass is 259 g/mol. The Hall–Kier alpha value is -0.280. The number of hydrogen-bond acceptors (Lipinski definition) is 2. The van der Waals surface area contributed by atoms with Gasteiger partial charge in [0.25, 0.3) is 0 Å². The van der Waals surface area contributed by atoms with Crippen LogP contribution in [0, 0.1) is 5.41 Å². The minimum absolute atomic E-state index is 0.294. The molecule has 1 saturated heterocycles. The zero-order valence-electron chi connectivity index (χ0n) is 9.22. The summed E-state index contributed by atoms with van der Waals surface area (Å²) in [5.74, 6) is 0. The van der Waals surface area contributed by atoms with Crippen molar-refractivity contribution in [3.8, 4) is 0 Å². The highest BCUT2D eigenvalue weighted by atomic mass is 35.5. The zero-order valence-corrected chi connectivity index (χ0v) is 10.7. The van der Waals surface area contributed by atoms with E-state index in [-0.39, 0.29) is 0 Å². The van der Waals surface area contributed by atoms with Crippen LogP contribution in [0.2, 0.25) is 10.0 Å². The summed E-state index contributed by atoms with van der Waals surface area (Å²) in [6.45, 7) is 5.65. The largest absolute Gasteiger partial charge is 0.380 e. The molecule has 1 aliphatic heterocycles. The first kappa shape index (κ1) is 12.2. The van der Waals surface area contributed by atoms with E-state index in [1.54, 1.807) is 6.07 Å². The fourth-order valence-corrected chi connectivity index (χ4v) is 2.35. The molecule has 1 N–H and O–H groups in total. The Kier molecular flexibility index (Phi) is 3.75. The second-order valence-electron chi connectivity index (χ2n) is 4.68. The molecule has 16 heavy (non-hydrogen) atoms. The van der Waals surface area contributed by atoms with Crippen molar-refractivity contribution in [2.45, 2.75) is 13.5 Å². The van der Waals surface area contributed by atoms with Gasteiger partial charge >= 0.3 is 0 Å². The van der Waals surface area contributed by atoms with Gasteiger partial charge in [-0.2, -0.15) is 0 Å². The van der Waals surface area contributed by atoms with Gasteiger partial charge in [0.05, 0.1) is 13.2 Å². The van der Waals surface area contributed by atoms with Crippen molar-refractivity contribution in [1.29, 1.82) is 0 Å². The molecule has 0 amide bonds. The van der Waals surface area contributed by atoms with Crippen LogP contribution < -0.4 is 5.32 Å². The van der Waals surface area contributed by atoms with Crippen LogP contribution in [0.5, 0.6) is 0 Å². The van der Waals surface area contributed by atoms with Crippen molar-refractivity contribution < 1.29 is 4.74 Å². The highest BCUT2D eigenvalue weighted by molar-refractivity contribution is 6.34. The predicted molar refractivity (Wildman–Crippen MR) is 67.1 cm³/mol. The molecule has 88 valence electrons. The fraction of sp³-hybridized carbons (Fsp3) is 0.500. The topological polar surface area (TPSA) is 21.3 Å². The smallest absolute Gasteiger partial charge is 0.0554 e. The van der Waals surface area contributed by atoms with Crippen LogP contribution in [0.4, 0.5) is 0 Å². The molecule has 0 unspecified atom stereocenters. The molecule has 0 aliphatic carbocycles. The first-order valence-electron chi connectivity index (χ1n) is 5.31. The van der Waals surface area contributed by atoms with Gasteiger partial charge in [-0.1, -0.05) is 30.1 Å². The van der Waals surface area contributed by atoms with Crippen molar-refractivity contribution in [1.82, 2.24) is 5.32 Å². The molecule has 1 aromatic carbocycles. The molecule has 0 atom stereocenters. The minimum Gasteiger partial charge on any atom is -0.380 e. The van der Waals surface area contributed by atoms with Crippen molar-refractivity contribution in [3.05, 3.63) is 33.8 Å². The molecule has 1 aliphatic rings. The van der Waals surface area contributed by atoms with E-state index in [1.807, 2.05) is 12.1 Å². The van der Waals surface area contributed by atoms with Crippen LogP contribution in [0.15, 0.2) is 18.2 Å². The summed E-state index contributed by atoms with van der Waals surface area (Å²) >= 11 is 11.9. The minimum atomic E-state index is 0.294. The molecular formula is C12H15Cl2NO. The van der Waals surface area contributed by atoms with Crippen molar-refractivity contribution in [3.63, 3.8) is 0 Å². The van der Waals surface area contributed by atoms with Crippen LogP contribution in [0.1, 0.15) is 12.5 Å². The second kappa shape index (κ2) is 4.92. The number of benzene rings is 1. The van der Waals surface area contributed by atoms with Gasteiger partial charge < -0.3 is 10.1 Å². The molecule has 4 heteroatoms. The number of halogens is 2. The van der Waals surface area contributed by atoms with Crippen molar-refractivity contribution in [2.24, 2.45) is 5.41 Å². The quantitative estimate of drug-likeness (QED) is 0.898. The van der Waals surface area contributed by atoms with E-state index in [9.17, 15) is 0 Å². The molecule has 0 spiro atoms. The lowest BCUT2D eigenvalue weighted by atomic mass is 9.89. The molecule has 0 bridgehead atoms. The highest BCUT2D eigenvalue weighted by Gasteiger charge is 2.32. The standard InChI is InChI=1S/C12H15Cl2NO/c1-12(7-16-8-12)6-15-5-9-2-10(13)4-11(14)3-9/h2-4,15H,5-8H2,1H3. The summed E-state index contributed by atoms with van der Waals surface area (Å²) in [5.41, 5.74) is 1.41. The lowest BCUT2D eigenvalue weighted by Crippen LogP contribution is -2.47. The SMILES string of the molecule is CC1(CNCc2cc(Cl)cc(Cl)c2)COC1. The molecule has 0 saturated carbocycles. The third-order valence-corrected chi connectivity index (χ3v) is 3.14. The van der Waals surface area contributed by atoms with Crippen LogP contribution in [0.3, 0.4) is 0 Å². The van der Waals surface area contributed by atoms with Gasteiger partial charge in [-0.15, -0.1) is 0 Å². The predicted octanol–water partition coefficient (Wildman–Crippen LogP) is 3.12. The summed E-state index contributed by atoms with van der Waals surface area (Å²) in [6, 6.07) is 5.60. The lowest BCUT2D eigenvalue weighted by molar-refractivity contribution is -0.0991. The molecule has 1 heterocycles. The Morgan fingerprint density at radius 3 is 2.38 bits per heavy atom. The van der Waals surface area contributed by atoms with Crippen LogP contribution in [-0.2, 0) is 11.3 Å². The second-order valence-corrected chi connectivity index (χ2v) is 5.56. The summed E-state index contributed by atoms with van der Waals surface area (Å²) in [7, 11) is 0. The van der Waals surface area contributed by atoms with Crippen LogP contribution in [0.25, 0.3) is 0 Å². The van der Waals surface area contributed by atoms with Crippen LogP contribution >= 0.6 is 23.2 Å². The van der Waals surface area contributed by atoms with Gasteiger partial charge in [0.1, 0.15) is 0 Å². The number of nitrogens with one attached hydrogen (secondary N) is 1. The summed E-state index contributed by atoms with van der Waals surface area (Å²) in [4.78, 5) is 0. The fourth-order valence-electron chi connectivity index (χ4n) is 1.77. The average molecular weight is 260 g/mol. The van der Waals surface area contributed by atoms with E-state index in [0.717, 1.165) is 31.9 Å². The highest BCUT2D eigenvalue weighted by Crippen LogP contribution is 2.25. The molecule has 0 aromatic heterocycles. The van der Waals surface area contributed by atoms with Gasteiger partial charge in [-0.25, -0.2) is 0 Å². The van der Waals surface area contributed by atoms with Gasteiger partial charge in [0, 0.05) is 28.5 Å². The average Bonchev–Trinajstić information content (AvgIpc) is 2.13. The first-order chi connectivity index (χ1) is 7.57. The molecule has 1 fully saturated rings. The van der Waals surface area contributed by atoms with Gasteiger partial charge in [-0.3, -0.25) is 0 Å². The number of ether oxygens (including phenoxy) is 1. The Morgan fingerprint density at radius 2 is 1.88 bits per heavy atom. The maximum atomic E-state index is 5.93. The molecule has 2 rings (SSSR count). The summed E-state index contributed by atoms with van der Waals surface area (Å²) in [5, 5.41) is 4.77. The Morgan fingerprint density at radius 1 is 1.25 bits per heavy atom. The van der Waals surface area contributed by atoms with Gasteiger partial charge in [0.15, 0.2) is 0 Å². The van der Waals surface area contributed by atoms with Crippen molar-refractivity contribution >= 4 is 23.2 Å². The zero-order chi connectivity index (χ0) is 11.6. The maximum Gasteiger partial charge on any atom is 0.0554 e. The number of hydrogen-bond donors (Lipinski definition) is 1. The van der Waals surface area contributed by atoms with Crippen molar-refractivity contribution in [2.75, 3.05) is 19.8 Å². The lowest BCUT2D eigenvalue weighted by Gasteiger charge is -2.38. The summed E-state index contributed by atoms with van der Waals surface area (Å²) < 4.78 is 5.20. The molecule has 0 radical (unpaired) electrons.